The Balaban J connectivity index is 2.09. The molecule has 4 nitrogen and oxygen atoms in total. The summed E-state index contributed by atoms with van der Waals surface area (Å²) in [5.74, 6) is 2.13. The maximum Gasteiger partial charge on any atom is 0.147 e. The van der Waals surface area contributed by atoms with Crippen LogP contribution in [0, 0.1) is 11.8 Å². The summed E-state index contributed by atoms with van der Waals surface area (Å²) in [5.41, 5.74) is 6.12. The largest absolute Gasteiger partial charge is 0.353 e. The summed E-state index contributed by atoms with van der Waals surface area (Å²) in [7, 11) is 0. The highest BCUT2D eigenvalue weighted by atomic mass is 15.2. The van der Waals surface area contributed by atoms with Gasteiger partial charge in [0.1, 0.15) is 5.82 Å². The van der Waals surface area contributed by atoms with Crippen LogP contribution in [0.2, 0.25) is 0 Å². The quantitative estimate of drug-likeness (QED) is 0.781. The van der Waals surface area contributed by atoms with E-state index in [2.05, 4.69) is 28.7 Å². The summed E-state index contributed by atoms with van der Waals surface area (Å²) < 4.78 is 0. The first kappa shape index (κ1) is 10.4. The molecule has 1 aromatic rings. The van der Waals surface area contributed by atoms with Crippen LogP contribution in [0.25, 0.3) is 0 Å². The normalized spacial score (nSPS) is 26.3. The first-order chi connectivity index (χ1) is 7.18. The van der Waals surface area contributed by atoms with Gasteiger partial charge in [0, 0.05) is 31.5 Å². The molecule has 2 heterocycles. The zero-order valence-electron chi connectivity index (χ0n) is 9.30. The van der Waals surface area contributed by atoms with Crippen LogP contribution in [-0.4, -0.2) is 29.1 Å². The maximum absolute atomic E-state index is 6.12. The molecule has 82 valence electrons. The third-order valence-corrected chi connectivity index (χ3v) is 3.14. The van der Waals surface area contributed by atoms with Gasteiger partial charge in [-0.05, 0) is 11.8 Å². The van der Waals surface area contributed by atoms with Crippen molar-refractivity contribution in [2.24, 2.45) is 17.6 Å². The van der Waals surface area contributed by atoms with Gasteiger partial charge >= 0.3 is 0 Å². The lowest BCUT2D eigenvalue weighted by molar-refractivity contribution is 0.382. The van der Waals surface area contributed by atoms with E-state index in [1.54, 1.807) is 18.6 Å². The molecule has 0 radical (unpaired) electrons. The molecule has 2 N–H and O–H groups in total. The third-order valence-electron chi connectivity index (χ3n) is 3.14. The van der Waals surface area contributed by atoms with Crippen molar-refractivity contribution in [3.05, 3.63) is 18.6 Å². The Morgan fingerprint density at radius 3 is 2.73 bits per heavy atom. The van der Waals surface area contributed by atoms with Crippen LogP contribution in [0.5, 0.6) is 0 Å². The van der Waals surface area contributed by atoms with Gasteiger partial charge in [0.2, 0.25) is 0 Å². The predicted molar refractivity (Wildman–Crippen MR) is 60.5 cm³/mol. The lowest BCUT2D eigenvalue weighted by Crippen LogP contribution is -2.32. The topological polar surface area (TPSA) is 55.0 Å². The monoisotopic (exact) mass is 206 g/mol. The number of anilines is 1. The maximum atomic E-state index is 6.12. The lowest BCUT2D eigenvalue weighted by Gasteiger charge is -2.18. The molecule has 0 aliphatic carbocycles. The Kier molecular flexibility index (Phi) is 2.86. The fraction of sp³-hybridized carbons (Fsp3) is 0.636. The molecule has 1 aromatic heterocycles. The third kappa shape index (κ3) is 2.09. The molecule has 4 heteroatoms. The van der Waals surface area contributed by atoms with E-state index in [-0.39, 0.29) is 6.04 Å². The highest BCUT2D eigenvalue weighted by Gasteiger charge is 2.32. The van der Waals surface area contributed by atoms with Gasteiger partial charge in [-0.25, -0.2) is 4.98 Å². The van der Waals surface area contributed by atoms with Crippen molar-refractivity contribution >= 4 is 5.82 Å². The average Bonchev–Trinajstić information content (AvgIpc) is 2.62. The van der Waals surface area contributed by atoms with Crippen LogP contribution in [0.3, 0.4) is 0 Å². The van der Waals surface area contributed by atoms with Crippen molar-refractivity contribution in [1.29, 1.82) is 0 Å². The molecule has 1 aliphatic rings. The summed E-state index contributed by atoms with van der Waals surface area (Å²) in [6, 6.07) is 0.256. The van der Waals surface area contributed by atoms with Crippen LogP contribution in [0.4, 0.5) is 5.82 Å². The molecule has 2 rings (SSSR count). The Labute approximate surface area is 90.5 Å². The number of aromatic nitrogens is 2. The van der Waals surface area contributed by atoms with Gasteiger partial charge in [0.25, 0.3) is 0 Å². The molecule has 0 aromatic carbocycles. The second-order valence-electron chi connectivity index (χ2n) is 4.54. The molecule has 0 spiro atoms. The predicted octanol–water partition coefficient (Wildman–Crippen LogP) is 0.896. The Morgan fingerprint density at radius 1 is 1.40 bits per heavy atom. The van der Waals surface area contributed by atoms with E-state index in [4.69, 9.17) is 5.73 Å². The molecular formula is C11H18N4. The molecule has 2 atom stereocenters. The zero-order chi connectivity index (χ0) is 10.8. The van der Waals surface area contributed by atoms with Crippen molar-refractivity contribution < 1.29 is 0 Å². The number of nitrogens with zero attached hydrogens (tertiary/aromatic N) is 3. The average molecular weight is 206 g/mol. The van der Waals surface area contributed by atoms with Crippen LogP contribution in [0.1, 0.15) is 13.8 Å². The van der Waals surface area contributed by atoms with E-state index < -0.39 is 0 Å². The number of hydrogen-bond donors (Lipinski definition) is 1. The summed E-state index contributed by atoms with van der Waals surface area (Å²) in [4.78, 5) is 10.6. The van der Waals surface area contributed by atoms with Crippen molar-refractivity contribution in [1.82, 2.24) is 9.97 Å². The molecule has 0 saturated carbocycles. The molecule has 15 heavy (non-hydrogen) atoms. The molecule has 0 amide bonds. The van der Waals surface area contributed by atoms with E-state index in [9.17, 15) is 0 Å². The second kappa shape index (κ2) is 4.14. The summed E-state index contributed by atoms with van der Waals surface area (Å²) in [6.07, 6.45) is 5.22. The van der Waals surface area contributed by atoms with Crippen molar-refractivity contribution in [3.63, 3.8) is 0 Å². The van der Waals surface area contributed by atoms with Gasteiger partial charge in [-0.15, -0.1) is 0 Å². The van der Waals surface area contributed by atoms with Gasteiger partial charge in [-0.3, -0.25) is 4.98 Å². The van der Waals surface area contributed by atoms with Gasteiger partial charge in [0.15, 0.2) is 0 Å². The fourth-order valence-electron chi connectivity index (χ4n) is 2.20. The number of hydrogen-bond acceptors (Lipinski definition) is 4. The van der Waals surface area contributed by atoms with E-state index in [1.807, 2.05) is 0 Å². The minimum absolute atomic E-state index is 0.256. The summed E-state index contributed by atoms with van der Waals surface area (Å²) in [5, 5.41) is 0. The standard InChI is InChI=1S/C11H18N4/c1-8(2)9-6-15(7-10(9)12)11-5-13-3-4-14-11/h3-5,8-10H,6-7,12H2,1-2H3/t9-,10+/m1/s1. The van der Waals surface area contributed by atoms with Crippen molar-refractivity contribution in [2.45, 2.75) is 19.9 Å². The van der Waals surface area contributed by atoms with E-state index in [0.717, 1.165) is 18.9 Å². The molecule has 0 bridgehead atoms. The van der Waals surface area contributed by atoms with E-state index in [0.29, 0.717) is 11.8 Å². The molecule has 1 saturated heterocycles. The first-order valence-electron chi connectivity index (χ1n) is 5.45. The molecule has 0 unspecified atom stereocenters. The molecule has 1 aliphatic heterocycles. The summed E-state index contributed by atoms with van der Waals surface area (Å²) in [6.45, 7) is 6.34. The van der Waals surface area contributed by atoms with Gasteiger partial charge in [-0.2, -0.15) is 0 Å². The van der Waals surface area contributed by atoms with Crippen LogP contribution >= 0.6 is 0 Å². The van der Waals surface area contributed by atoms with Gasteiger partial charge in [0.05, 0.1) is 6.20 Å². The summed E-state index contributed by atoms with van der Waals surface area (Å²) >= 11 is 0. The van der Waals surface area contributed by atoms with Crippen molar-refractivity contribution in [2.75, 3.05) is 18.0 Å². The minimum atomic E-state index is 0.256. The van der Waals surface area contributed by atoms with Crippen LogP contribution < -0.4 is 10.6 Å². The second-order valence-corrected chi connectivity index (χ2v) is 4.54. The zero-order valence-corrected chi connectivity index (χ0v) is 9.30. The molecular weight excluding hydrogens is 188 g/mol. The van der Waals surface area contributed by atoms with Gasteiger partial charge < -0.3 is 10.6 Å². The van der Waals surface area contributed by atoms with Crippen LogP contribution in [-0.2, 0) is 0 Å². The van der Waals surface area contributed by atoms with E-state index in [1.165, 1.54) is 0 Å². The Bertz CT molecular complexity index is 312. The van der Waals surface area contributed by atoms with E-state index >= 15 is 0 Å². The van der Waals surface area contributed by atoms with Crippen molar-refractivity contribution in [3.8, 4) is 0 Å². The lowest BCUT2D eigenvalue weighted by atomic mass is 9.92. The van der Waals surface area contributed by atoms with Gasteiger partial charge in [-0.1, -0.05) is 13.8 Å². The molecule has 1 fully saturated rings. The Morgan fingerprint density at radius 2 is 2.20 bits per heavy atom. The highest BCUT2D eigenvalue weighted by molar-refractivity contribution is 5.37. The first-order valence-corrected chi connectivity index (χ1v) is 5.45. The smallest absolute Gasteiger partial charge is 0.147 e. The highest BCUT2D eigenvalue weighted by Crippen LogP contribution is 2.25. The fourth-order valence-corrected chi connectivity index (χ4v) is 2.20. The van der Waals surface area contributed by atoms with Crippen LogP contribution in [0.15, 0.2) is 18.6 Å². The Hall–Kier alpha value is -1.16. The SMILES string of the molecule is CC(C)[C@H]1CN(c2cnccn2)C[C@@H]1N. The minimum Gasteiger partial charge on any atom is -0.353 e. The number of nitrogens with two attached hydrogens (primary N) is 1. The number of rotatable bonds is 2.